The first-order valence-electron chi connectivity index (χ1n) is 3.71. The summed E-state index contributed by atoms with van der Waals surface area (Å²) in [5.74, 6) is 0. The summed E-state index contributed by atoms with van der Waals surface area (Å²) in [6.45, 7) is 1.71. The Morgan fingerprint density at radius 2 is 2.42 bits per heavy atom. The van der Waals surface area contributed by atoms with E-state index >= 15 is 0 Å². The minimum absolute atomic E-state index is 0.594. The smallest absolute Gasteiger partial charge is 0.111 e. The third-order valence-electron chi connectivity index (χ3n) is 1.61. The summed E-state index contributed by atoms with van der Waals surface area (Å²) in [6.07, 6.45) is 1.81. The summed E-state index contributed by atoms with van der Waals surface area (Å²) in [5, 5.41) is 1.65. The van der Waals surface area contributed by atoms with Gasteiger partial charge in [-0.1, -0.05) is 11.8 Å². The Hall–Kier alpha value is -0.0600. The van der Waals surface area contributed by atoms with E-state index in [1.165, 1.54) is 0 Å². The maximum atomic E-state index is 5.08. The summed E-state index contributed by atoms with van der Waals surface area (Å²) < 4.78 is 6.15. The number of nitrogens with zero attached hydrogens (tertiary/aromatic N) is 1. The van der Waals surface area contributed by atoms with Crippen LogP contribution >= 0.6 is 27.7 Å². The highest BCUT2D eigenvalue weighted by Gasteiger charge is 2.20. The molecule has 4 heteroatoms. The van der Waals surface area contributed by atoms with Gasteiger partial charge in [-0.15, -0.1) is 0 Å². The van der Waals surface area contributed by atoms with Gasteiger partial charge >= 0.3 is 0 Å². The normalized spacial score (nSPS) is 17.4. The number of hydrogen-bond donors (Lipinski definition) is 0. The van der Waals surface area contributed by atoms with Gasteiger partial charge in [-0.25, -0.2) is 4.98 Å². The van der Waals surface area contributed by atoms with E-state index in [1.807, 2.05) is 18.3 Å². The summed E-state index contributed by atoms with van der Waals surface area (Å²) in [5.41, 5.74) is 0. The predicted molar refractivity (Wildman–Crippen MR) is 52.4 cm³/mol. The third-order valence-corrected chi connectivity index (χ3v) is 3.67. The number of halogens is 1. The maximum Gasteiger partial charge on any atom is 0.111 e. The largest absolute Gasteiger partial charge is 0.379 e. The highest BCUT2D eigenvalue weighted by Crippen LogP contribution is 2.31. The summed E-state index contributed by atoms with van der Waals surface area (Å²) in [7, 11) is 0. The van der Waals surface area contributed by atoms with Gasteiger partial charge in [0.1, 0.15) is 5.03 Å². The van der Waals surface area contributed by atoms with Crippen molar-refractivity contribution in [2.45, 2.75) is 10.3 Å². The van der Waals surface area contributed by atoms with Crippen molar-refractivity contribution in [1.82, 2.24) is 4.98 Å². The topological polar surface area (TPSA) is 22.1 Å². The van der Waals surface area contributed by atoms with Crippen LogP contribution in [0, 0.1) is 0 Å². The van der Waals surface area contributed by atoms with Crippen molar-refractivity contribution in [3.05, 3.63) is 22.8 Å². The molecule has 2 nitrogen and oxygen atoms in total. The molecule has 64 valence electrons. The fraction of sp³-hybridized carbons (Fsp3) is 0.375. The zero-order valence-electron chi connectivity index (χ0n) is 6.37. The van der Waals surface area contributed by atoms with Gasteiger partial charge in [-0.2, -0.15) is 0 Å². The second-order valence-electron chi connectivity index (χ2n) is 2.57. The van der Waals surface area contributed by atoms with Crippen LogP contribution in [-0.4, -0.2) is 23.4 Å². The molecule has 0 aliphatic carbocycles. The van der Waals surface area contributed by atoms with Crippen LogP contribution in [0.15, 0.2) is 27.8 Å². The van der Waals surface area contributed by atoms with Crippen molar-refractivity contribution in [3.8, 4) is 0 Å². The van der Waals surface area contributed by atoms with E-state index < -0.39 is 0 Å². The maximum absolute atomic E-state index is 5.08. The molecule has 12 heavy (non-hydrogen) atoms. The van der Waals surface area contributed by atoms with Gasteiger partial charge in [0.05, 0.1) is 18.5 Å². The molecule has 1 saturated heterocycles. The lowest BCUT2D eigenvalue weighted by Gasteiger charge is -2.24. The van der Waals surface area contributed by atoms with Crippen LogP contribution in [0.4, 0.5) is 0 Å². The Morgan fingerprint density at radius 1 is 1.58 bits per heavy atom. The summed E-state index contributed by atoms with van der Waals surface area (Å²) in [4.78, 5) is 4.26. The number of aromatic nitrogens is 1. The van der Waals surface area contributed by atoms with E-state index in [4.69, 9.17) is 4.74 Å². The van der Waals surface area contributed by atoms with Gasteiger partial charge in [0.15, 0.2) is 0 Å². The van der Waals surface area contributed by atoms with Gasteiger partial charge in [0.25, 0.3) is 0 Å². The van der Waals surface area contributed by atoms with Crippen LogP contribution in [0.25, 0.3) is 0 Å². The lowest BCUT2D eigenvalue weighted by atomic mass is 10.4. The average Bonchev–Trinajstić information content (AvgIpc) is 2.00. The van der Waals surface area contributed by atoms with Crippen molar-refractivity contribution < 1.29 is 4.74 Å². The van der Waals surface area contributed by atoms with Crippen molar-refractivity contribution in [1.29, 1.82) is 0 Å². The lowest BCUT2D eigenvalue weighted by molar-refractivity contribution is 0.0454. The monoisotopic (exact) mass is 245 g/mol. The molecular formula is C8H8BrNOS. The Kier molecular flexibility index (Phi) is 2.68. The molecular weight excluding hydrogens is 238 g/mol. The SMILES string of the molecule is Brc1cccnc1SC1COC1. The standard InChI is InChI=1S/C8H8BrNOS/c9-7-2-1-3-10-8(7)12-6-4-11-5-6/h1-3,6H,4-5H2. The Morgan fingerprint density at radius 3 is 3.00 bits per heavy atom. The molecule has 1 aliphatic rings. The number of thioether (sulfide) groups is 1. The molecule has 2 rings (SSSR count). The lowest BCUT2D eigenvalue weighted by Crippen LogP contribution is -2.30. The van der Waals surface area contributed by atoms with Crippen molar-refractivity contribution >= 4 is 27.7 Å². The van der Waals surface area contributed by atoms with Gasteiger partial charge in [-0.3, -0.25) is 0 Å². The van der Waals surface area contributed by atoms with E-state index in [1.54, 1.807) is 11.8 Å². The van der Waals surface area contributed by atoms with Crippen LogP contribution < -0.4 is 0 Å². The molecule has 0 N–H and O–H groups in total. The van der Waals surface area contributed by atoms with Crippen LogP contribution in [0.3, 0.4) is 0 Å². The van der Waals surface area contributed by atoms with Gasteiger partial charge < -0.3 is 4.74 Å². The van der Waals surface area contributed by atoms with Crippen molar-refractivity contribution in [2.24, 2.45) is 0 Å². The van der Waals surface area contributed by atoms with Crippen LogP contribution in [-0.2, 0) is 4.74 Å². The second kappa shape index (κ2) is 3.77. The molecule has 0 radical (unpaired) electrons. The van der Waals surface area contributed by atoms with Gasteiger partial charge in [-0.05, 0) is 28.1 Å². The molecule has 0 spiro atoms. The van der Waals surface area contributed by atoms with E-state index in [2.05, 4.69) is 20.9 Å². The minimum Gasteiger partial charge on any atom is -0.379 e. The zero-order chi connectivity index (χ0) is 8.39. The molecule has 1 fully saturated rings. The van der Waals surface area contributed by atoms with Crippen molar-refractivity contribution in [3.63, 3.8) is 0 Å². The molecule has 0 atom stereocenters. The van der Waals surface area contributed by atoms with Crippen LogP contribution in [0.5, 0.6) is 0 Å². The average molecular weight is 246 g/mol. The first-order valence-corrected chi connectivity index (χ1v) is 5.38. The summed E-state index contributed by atoms with van der Waals surface area (Å²) >= 11 is 5.23. The first-order chi connectivity index (χ1) is 5.86. The van der Waals surface area contributed by atoms with Gasteiger partial charge in [0.2, 0.25) is 0 Å². The Balaban J connectivity index is 2.06. The number of pyridine rings is 1. The predicted octanol–water partition coefficient (Wildman–Crippen LogP) is 2.33. The molecule has 2 heterocycles. The second-order valence-corrected chi connectivity index (χ2v) is 4.71. The van der Waals surface area contributed by atoms with E-state index in [0.29, 0.717) is 5.25 Å². The van der Waals surface area contributed by atoms with Crippen LogP contribution in [0.2, 0.25) is 0 Å². The number of rotatable bonds is 2. The zero-order valence-corrected chi connectivity index (χ0v) is 8.77. The third kappa shape index (κ3) is 1.81. The molecule has 0 unspecified atom stereocenters. The first kappa shape index (κ1) is 8.53. The molecule has 0 bridgehead atoms. The van der Waals surface area contributed by atoms with Crippen LogP contribution in [0.1, 0.15) is 0 Å². The number of hydrogen-bond acceptors (Lipinski definition) is 3. The molecule has 1 aliphatic heterocycles. The van der Waals surface area contributed by atoms with Crippen molar-refractivity contribution in [2.75, 3.05) is 13.2 Å². The molecule has 0 amide bonds. The highest BCUT2D eigenvalue weighted by molar-refractivity contribution is 9.10. The molecule has 1 aromatic heterocycles. The quantitative estimate of drug-likeness (QED) is 0.799. The Bertz CT molecular complexity index is 278. The molecule has 0 saturated carbocycles. The molecule has 1 aromatic rings. The number of ether oxygens (including phenoxy) is 1. The minimum atomic E-state index is 0.594. The fourth-order valence-corrected chi connectivity index (χ4v) is 2.38. The Labute approximate surface area is 83.8 Å². The van der Waals surface area contributed by atoms with E-state index in [-0.39, 0.29) is 0 Å². The van der Waals surface area contributed by atoms with Gasteiger partial charge in [0, 0.05) is 10.7 Å². The summed E-state index contributed by atoms with van der Waals surface area (Å²) in [6, 6.07) is 3.93. The molecule has 0 aromatic carbocycles. The van der Waals surface area contributed by atoms with E-state index in [9.17, 15) is 0 Å². The van der Waals surface area contributed by atoms with E-state index in [0.717, 1.165) is 22.7 Å². The highest BCUT2D eigenvalue weighted by atomic mass is 79.9. The fourth-order valence-electron chi connectivity index (χ4n) is 0.898.